The van der Waals surface area contributed by atoms with Crippen LogP contribution in [0.4, 0.5) is 0 Å². The van der Waals surface area contributed by atoms with Crippen LogP contribution in [0.25, 0.3) is 125 Å². The molecule has 8 aromatic carbocycles. The maximum absolute atomic E-state index is 5.75. The summed E-state index contributed by atoms with van der Waals surface area (Å²) in [6, 6.07) is 59.5. The third-order valence-corrected chi connectivity index (χ3v) is 13.3. The van der Waals surface area contributed by atoms with Gasteiger partial charge in [-0.15, -0.1) is 11.3 Å². The van der Waals surface area contributed by atoms with Gasteiger partial charge in [-0.25, -0.2) is 4.98 Å². The number of nitrogens with zero attached hydrogens (tertiary/aromatic N) is 5. The third-order valence-electron chi connectivity index (χ3n) is 12.2. The molecule has 14 aromatic rings. The highest BCUT2D eigenvalue weighted by atomic mass is 32.1. The van der Waals surface area contributed by atoms with Crippen LogP contribution in [0.3, 0.4) is 0 Å². The van der Waals surface area contributed by atoms with Gasteiger partial charge in [-0.1, -0.05) is 127 Å². The Bertz CT molecular complexity index is 3960. The molecule has 0 spiro atoms. The summed E-state index contributed by atoms with van der Waals surface area (Å²) in [6.45, 7) is 0. The smallest absolute Gasteiger partial charge is 0.237 e. The van der Waals surface area contributed by atoms with Gasteiger partial charge in [0.25, 0.3) is 0 Å². The van der Waals surface area contributed by atoms with Gasteiger partial charge in [0, 0.05) is 58.6 Å². The Morgan fingerprint density at radius 1 is 0.393 bits per heavy atom. The number of benzene rings is 8. The molecule has 0 saturated heterocycles. The Labute approximate surface area is 321 Å². The Balaban J connectivity index is 1.26. The molecule has 6 heteroatoms. The first kappa shape index (κ1) is 29.1. The summed E-state index contributed by atoms with van der Waals surface area (Å²) in [5.74, 6) is 1.56. The van der Waals surface area contributed by atoms with Gasteiger partial charge in [0.15, 0.2) is 5.82 Å². The summed E-state index contributed by atoms with van der Waals surface area (Å²) >= 11 is 1.78. The van der Waals surface area contributed by atoms with Gasteiger partial charge in [0.1, 0.15) is 0 Å². The van der Waals surface area contributed by atoms with Crippen molar-refractivity contribution in [3.63, 3.8) is 0 Å². The lowest BCUT2D eigenvalue weighted by Crippen LogP contribution is -2.06. The van der Waals surface area contributed by atoms with Gasteiger partial charge in [0.05, 0.1) is 48.8 Å². The first-order valence-corrected chi connectivity index (χ1v) is 19.8. The summed E-state index contributed by atoms with van der Waals surface area (Å²) < 4.78 is 9.48. The van der Waals surface area contributed by atoms with E-state index in [1.807, 2.05) is 0 Å². The lowest BCUT2D eigenvalue weighted by Gasteiger charge is -2.13. The van der Waals surface area contributed by atoms with Crippen molar-refractivity contribution in [2.45, 2.75) is 0 Å². The first-order valence-electron chi connectivity index (χ1n) is 19.0. The highest BCUT2D eigenvalue weighted by molar-refractivity contribution is 7.26. The molecule has 5 nitrogen and oxygen atoms in total. The molecule has 0 aliphatic rings. The molecular weight excluding hydrogens is 703 g/mol. The summed E-state index contributed by atoms with van der Waals surface area (Å²) in [6.07, 6.45) is 0. The summed E-state index contributed by atoms with van der Waals surface area (Å²) in [5.41, 5.74) is 9.17. The maximum atomic E-state index is 5.75. The van der Waals surface area contributed by atoms with E-state index in [1.54, 1.807) is 11.3 Å². The van der Waals surface area contributed by atoms with Crippen LogP contribution >= 0.6 is 11.3 Å². The van der Waals surface area contributed by atoms with Crippen molar-refractivity contribution in [2.75, 3.05) is 0 Å². The van der Waals surface area contributed by atoms with Crippen LogP contribution in [0, 0.1) is 0 Å². The van der Waals surface area contributed by atoms with Crippen molar-refractivity contribution in [1.29, 1.82) is 0 Å². The number of hydrogen-bond donors (Lipinski definition) is 0. The van der Waals surface area contributed by atoms with Crippen molar-refractivity contribution in [1.82, 2.24) is 23.5 Å². The second-order valence-corrected chi connectivity index (χ2v) is 16.0. The zero-order chi connectivity index (χ0) is 36.2. The molecule has 6 heterocycles. The second-order valence-electron chi connectivity index (χ2n) is 14.9. The molecule has 0 aliphatic carbocycles. The van der Waals surface area contributed by atoms with Crippen LogP contribution in [-0.2, 0) is 0 Å². The molecule has 56 heavy (non-hydrogen) atoms. The number of para-hydroxylation sites is 4. The minimum absolute atomic E-state index is 0.663. The molecule has 6 aromatic heterocycles. The van der Waals surface area contributed by atoms with Crippen molar-refractivity contribution < 1.29 is 0 Å². The minimum Gasteiger partial charge on any atom is -0.308 e. The fraction of sp³-hybridized carbons (Fsp3) is 0. The predicted molar refractivity (Wildman–Crippen MR) is 236 cm³/mol. The van der Waals surface area contributed by atoms with Gasteiger partial charge < -0.3 is 4.40 Å². The van der Waals surface area contributed by atoms with E-state index >= 15 is 0 Å². The monoisotopic (exact) mass is 729 g/mol. The Morgan fingerprint density at radius 2 is 0.982 bits per heavy atom. The fourth-order valence-electron chi connectivity index (χ4n) is 9.95. The summed E-state index contributed by atoms with van der Waals surface area (Å²) in [7, 11) is 0. The summed E-state index contributed by atoms with van der Waals surface area (Å²) in [5, 5.41) is 13.4. The lowest BCUT2D eigenvalue weighted by atomic mass is 10.0. The van der Waals surface area contributed by atoms with Crippen molar-refractivity contribution in [2.24, 2.45) is 0 Å². The normalized spacial score (nSPS) is 12.6. The average Bonchev–Trinajstić information content (AvgIpc) is 4.05. The van der Waals surface area contributed by atoms with Crippen LogP contribution < -0.4 is 0 Å². The van der Waals surface area contributed by atoms with E-state index in [0.717, 1.165) is 43.5 Å². The van der Waals surface area contributed by atoms with Crippen molar-refractivity contribution in [3.8, 4) is 11.8 Å². The molecule has 0 N–H and O–H groups in total. The zero-order valence-electron chi connectivity index (χ0n) is 29.7. The highest BCUT2D eigenvalue weighted by Crippen LogP contribution is 2.49. The van der Waals surface area contributed by atoms with Crippen LogP contribution in [0.5, 0.6) is 0 Å². The summed E-state index contributed by atoms with van der Waals surface area (Å²) in [4.78, 5) is 11.3. The molecule has 14 rings (SSSR count). The van der Waals surface area contributed by atoms with E-state index in [0.29, 0.717) is 5.95 Å². The number of fused-ring (bicyclic) bond motifs is 18. The molecule has 0 radical (unpaired) electrons. The van der Waals surface area contributed by atoms with Crippen LogP contribution in [-0.4, -0.2) is 23.5 Å². The molecule has 0 saturated carbocycles. The topological polar surface area (TPSA) is 40.0 Å². The van der Waals surface area contributed by atoms with Gasteiger partial charge in [0.2, 0.25) is 5.95 Å². The molecule has 0 atom stereocenters. The number of hydrogen-bond acceptors (Lipinski definition) is 3. The largest absolute Gasteiger partial charge is 0.308 e. The van der Waals surface area contributed by atoms with E-state index in [9.17, 15) is 0 Å². The molecule has 0 aliphatic heterocycles. The molecule has 0 amide bonds. The second kappa shape index (κ2) is 10.3. The third kappa shape index (κ3) is 3.47. The SMILES string of the molecule is c1ccc2c(c1)ccc1c3c4c5ccccc5n5c6ccccc6c(cc3n(-c3nc(-n6c7ccccc7c7ccccc76)nc6c3sc3ccccc36)c21)c45. The van der Waals surface area contributed by atoms with E-state index < -0.39 is 0 Å². The molecular formula is C50H27N5S. The number of thiophene rings is 1. The lowest BCUT2D eigenvalue weighted by molar-refractivity contribution is 0.977. The molecule has 0 unspecified atom stereocenters. The van der Waals surface area contributed by atoms with Crippen molar-refractivity contribution in [3.05, 3.63) is 164 Å². The predicted octanol–water partition coefficient (Wildman–Crippen LogP) is 13.3. The minimum atomic E-state index is 0.663. The van der Waals surface area contributed by atoms with E-state index in [4.69, 9.17) is 9.97 Å². The number of aromatic nitrogens is 5. The quantitative estimate of drug-likeness (QED) is 0.178. The Kier molecular flexibility index (Phi) is 5.34. The molecule has 0 bridgehead atoms. The average molecular weight is 730 g/mol. The first-order chi connectivity index (χ1) is 27.8. The van der Waals surface area contributed by atoms with Gasteiger partial charge in [-0.05, 0) is 41.8 Å². The number of rotatable bonds is 2. The van der Waals surface area contributed by atoms with Crippen LogP contribution in [0.2, 0.25) is 0 Å². The van der Waals surface area contributed by atoms with Gasteiger partial charge in [-0.2, -0.15) is 4.98 Å². The maximum Gasteiger partial charge on any atom is 0.237 e. The Morgan fingerprint density at radius 3 is 1.73 bits per heavy atom. The highest BCUT2D eigenvalue weighted by Gasteiger charge is 2.27. The van der Waals surface area contributed by atoms with E-state index in [2.05, 4.69) is 177 Å². The van der Waals surface area contributed by atoms with E-state index in [-0.39, 0.29) is 0 Å². The molecule has 0 fully saturated rings. The van der Waals surface area contributed by atoms with Crippen LogP contribution in [0.1, 0.15) is 0 Å². The Hall–Kier alpha value is -7.28. The van der Waals surface area contributed by atoms with Crippen LogP contribution in [0.15, 0.2) is 164 Å². The van der Waals surface area contributed by atoms with Gasteiger partial charge >= 0.3 is 0 Å². The van der Waals surface area contributed by atoms with Gasteiger partial charge in [-0.3, -0.25) is 9.13 Å². The fourth-order valence-corrected chi connectivity index (χ4v) is 11.1. The van der Waals surface area contributed by atoms with Crippen molar-refractivity contribution >= 4 is 124 Å². The van der Waals surface area contributed by atoms with E-state index in [1.165, 1.54) is 75.1 Å². The zero-order valence-corrected chi connectivity index (χ0v) is 30.5. The standard InChI is InChI=1S/C50H27N5S/c1-2-14-29-28(13-1)25-26-35-43-41(27-36-32-17-5-8-20-37(32)53-40-23-11-6-18-33(40)44(43)47(36)53)55(46(29)35)49-48-45(34-19-7-12-24-42(34)56-48)51-50(52-49)54-38-21-9-3-15-30(38)31-16-4-10-22-39(31)54/h1-27H. The molecule has 258 valence electrons.